The Morgan fingerprint density at radius 1 is 1.17 bits per heavy atom. The summed E-state index contributed by atoms with van der Waals surface area (Å²) in [5, 5.41) is 2.60. The number of hydrogen-bond acceptors (Lipinski definition) is 4. The number of piperidine rings is 1. The third-order valence-corrected chi connectivity index (χ3v) is 3.94. The van der Waals surface area contributed by atoms with Gasteiger partial charge in [-0.25, -0.2) is 4.79 Å². The van der Waals surface area contributed by atoms with Crippen LogP contribution in [0, 0.1) is 17.3 Å². The average Bonchev–Trinajstić information content (AvgIpc) is 2.41. The van der Waals surface area contributed by atoms with Crippen molar-refractivity contribution in [2.75, 3.05) is 19.7 Å². The van der Waals surface area contributed by atoms with Crippen LogP contribution in [-0.2, 0) is 19.1 Å². The summed E-state index contributed by atoms with van der Waals surface area (Å²) in [4.78, 5) is 37.7. The van der Waals surface area contributed by atoms with Crippen LogP contribution in [0.15, 0.2) is 0 Å². The van der Waals surface area contributed by atoms with Crippen molar-refractivity contribution in [1.82, 2.24) is 10.2 Å². The van der Waals surface area contributed by atoms with Gasteiger partial charge in [0.1, 0.15) is 6.04 Å². The first-order valence-corrected chi connectivity index (χ1v) is 8.26. The monoisotopic (exact) mass is 326 g/mol. The number of nitrogens with zero attached hydrogens (tertiary/aromatic N) is 1. The molecule has 0 aliphatic carbocycles. The highest BCUT2D eigenvalue weighted by Crippen LogP contribution is 2.20. The van der Waals surface area contributed by atoms with Gasteiger partial charge in [-0.05, 0) is 25.2 Å². The van der Waals surface area contributed by atoms with Crippen LogP contribution >= 0.6 is 0 Å². The van der Waals surface area contributed by atoms with E-state index in [1.54, 1.807) is 32.6 Å². The van der Waals surface area contributed by atoms with Gasteiger partial charge in [-0.3, -0.25) is 9.59 Å². The van der Waals surface area contributed by atoms with Gasteiger partial charge >= 0.3 is 5.97 Å². The number of carbonyl (C=O) groups excluding carboxylic acids is 3. The molecule has 132 valence electrons. The topological polar surface area (TPSA) is 75.7 Å². The van der Waals surface area contributed by atoms with Crippen molar-refractivity contribution in [1.29, 1.82) is 0 Å². The second kappa shape index (κ2) is 7.79. The van der Waals surface area contributed by atoms with Gasteiger partial charge in [-0.15, -0.1) is 0 Å². The van der Waals surface area contributed by atoms with E-state index >= 15 is 0 Å². The first-order valence-electron chi connectivity index (χ1n) is 8.26. The van der Waals surface area contributed by atoms with E-state index < -0.39 is 17.4 Å². The highest BCUT2D eigenvalue weighted by atomic mass is 16.5. The summed E-state index contributed by atoms with van der Waals surface area (Å²) in [6, 6.07) is -0.770. The van der Waals surface area contributed by atoms with Gasteiger partial charge in [0, 0.05) is 18.5 Å². The third-order valence-electron chi connectivity index (χ3n) is 3.94. The zero-order chi connectivity index (χ0) is 17.8. The van der Waals surface area contributed by atoms with Gasteiger partial charge in [-0.2, -0.15) is 0 Å². The molecular formula is C17H30N2O4. The Hall–Kier alpha value is -1.59. The van der Waals surface area contributed by atoms with Gasteiger partial charge in [-0.1, -0.05) is 34.6 Å². The molecule has 0 spiro atoms. The van der Waals surface area contributed by atoms with Crippen molar-refractivity contribution < 1.29 is 19.1 Å². The van der Waals surface area contributed by atoms with E-state index in [2.05, 4.69) is 19.2 Å². The molecule has 0 saturated carbocycles. The molecule has 1 saturated heterocycles. The number of nitrogens with one attached hydrogen (secondary N) is 1. The predicted octanol–water partition coefficient (Wildman–Crippen LogP) is 1.58. The van der Waals surface area contributed by atoms with Gasteiger partial charge in [0.2, 0.25) is 5.91 Å². The Bertz CT molecular complexity index is 446. The van der Waals surface area contributed by atoms with E-state index in [-0.39, 0.29) is 18.4 Å². The van der Waals surface area contributed by atoms with E-state index in [1.807, 2.05) is 0 Å². The molecule has 23 heavy (non-hydrogen) atoms. The number of hydrogen-bond donors (Lipinski definition) is 1. The highest BCUT2D eigenvalue weighted by Gasteiger charge is 2.28. The number of ether oxygens (including phenoxy) is 1. The van der Waals surface area contributed by atoms with Crippen molar-refractivity contribution in [3.63, 3.8) is 0 Å². The molecule has 1 rings (SSSR count). The molecule has 1 heterocycles. The summed E-state index contributed by atoms with van der Waals surface area (Å²) >= 11 is 0. The molecule has 1 aliphatic heterocycles. The molecule has 0 radical (unpaired) electrons. The smallest absolute Gasteiger partial charge is 0.328 e. The standard InChI is InChI=1S/C17H30N2O4/c1-11-7-12(2)9-19(8-11)14(20)10-23-15(21)13(3)18-16(22)17(4,5)6/h11-13H,7-10H2,1-6H3,(H,18,22)/t11-,12-,13+/m1/s1. The molecule has 2 amide bonds. The van der Waals surface area contributed by atoms with Crippen LogP contribution in [0.2, 0.25) is 0 Å². The highest BCUT2D eigenvalue weighted by molar-refractivity contribution is 5.88. The number of amides is 2. The Morgan fingerprint density at radius 3 is 2.17 bits per heavy atom. The normalized spacial score (nSPS) is 23.1. The van der Waals surface area contributed by atoms with Crippen LogP contribution in [-0.4, -0.2) is 48.4 Å². The van der Waals surface area contributed by atoms with E-state index in [0.29, 0.717) is 24.9 Å². The van der Waals surface area contributed by atoms with Crippen LogP contribution in [0.25, 0.3) is 0 Å². The second-order valence-electron chi connectivity index (χ2n) is 7.80. The van der Waals surface area contributed by atoms with E-state index in [1.165, 1.54) is 0 Å². The molecule has 3 atom stereocenters. The van der Waals surface area contributed by atoms with Gasteiger partial charge in [0.05, 0.1) is 0 Å². The number of carbonyl (C=O) groups is 3. The lowest BCUT2D eigenvalue weighted by atomic mass is 9.92. The van der Waals surface area contributed by atoms with E-state index in [9.17, 15) is 14.4 Å². The van der Waals surface area contributed by atoms with Crippen molar-refractivity contribution in [2.45, 2.75) is 54.0 Å². The molecule has 0 aromatic heterocycles. The van der Waals surface area contributed by atoms with Gasteiger partial charge < -0.3 is 15.0 Å². The summed E-state index contributed by atoms with van der Waals surface area (Å²) in [5.74, 6) is -0.0705. The molecular weight excluding hydrogens is 296 g/mol. The van der Waals surface area contributed by atoms with Crippen LogP contribution in [0.5, 0.6) is 0 Å². The lowest BCUT2D eigenvalue weighted by Gasteiger charge is -2.34. The Balaban J connectivity index is 2.43. The average molecular weight is 326 g/mol. The summed E-state index contributed by atoms with van der Waals surface area (Å²) in [6.45, 7) is 12.2. The fraction of sp³-hybridized carbons (Fsp3) is 0.824. The zero-order valence-electron chi connectivity index (χ0n) is 15.1. The van der Waals surface area contributed by atoms with Gasteiger partial charge in [0.15, 0.2) is 6.61 Å². The largest absolute Gasteiger partial charge is 0.454 e. The van der Waals surface area contributed by atoms with E-state index in [0.717, 1.165) is 6.42 Å². The fourth-order valence-corrected chi connectivity index (χ4v) is 2.69. The molecule has 6 heteroatoms. The molecule has 1 fully saturated rings. The molecule has 6 nitrogen and oxygen atoms in total. The first kappa shape index (κ1) is 19.5. The summed E-state index contributed by atoms with van der Waals surface area (Å²) in [6.07, 6.45) is 1.11. The number of likely N-dealkylation sites (tertiary alicyclic amines) is 1. The maximum atomic E-state index is 12.2. The number of esters is 1. The minimum atomic E-state index is -0.770. The Kier molecular flexibility index (Phi) is 6.59. The minimum Gasteiger partial charge on any atom is -0.454 e. The predicted molar refractivity (Wildman–Crippen MR) is 87.5 cm³/mol. The SMILES string of the molecule is C[C@@H]1C[C@@H](C)CN(C(=O)COC(=O)[C@H](C)NC(=O)C(C)(C)C)C1. The van der Waals surface area contributed by atoms with Crippen LogP contribution in [0.4, 0.5) is 0 Å². The quantitative estimate of drug-likeness (QED) is 0.796. The molecule has 1 aliphatic rings. The maximum Gasteiger partial charge on any atom is 0.328 e. The lowest BCUT2D eigenvalue weighted by molar-refractivity contribution is -0.155. The molecule has 0 aromatic carbocycles. The minimum absolute atomic E-state index is 0.175. The molecule has 0 unspecified atom stereocenters. The molecule has 0 aromatic rings. The van der Waals surface area contributed by atoms with Crippen LogP contribution < -0.4 is 5.32 Å². The summed E-state index contributed by atoms with van der Waals surface area (Å²) in [7, 11) is 0. The third kappa shape index (κ3) is 6.20. The zero-order valence-corrected chi connectivity index (χ0v) is 15.1. The molecule has 1 N–H and O–H groups in total. The van der Waals surface area contributed by atoms with Crippen molar-refractivity contribution in [3.05, 3.63) is 0 Å². The Labute approximate surface area is 138 Å². The van der Waals surface area contributed by atoms with Crippen LogP contribution in [0.3, 0.4) is 0 Å². The Morgan fingerprint density at radius 2 is 1.70 bits per heavy atom. The summed E-state index contributed by atoms with van der Waals surface area (Å²) < 4.78 is 5.06. The first-order chi connectivity index (χ1) is 10.5. The summed E-state index contributed by atoms with van der Waals surface area (Å²) in [5.41, 5.74) is -0.579. The number of rotatable bonds is 4. The van der Waals surface area contributed by atoms with Crippen LogP contribution in [0.1, 0.15) is 48.0 Å². The lowest BCUT2D eigenvalue weighted by Crippen LogP contribution is -2.47. The van der Waals surface area contributed by atoms with Crippen molar-refractivity contribution in [3.8, 4) is 0 Å². The van der Waals surface area contributed by atoms with Crippen molar-refractivity contribution in [2.24, 2.45) is 17.3 Å². The van der Waals surface area contributed by atoms with Gasteiger partial charge in [0.25, 0.3) is 5.91 Å². The van der Waals surface area contributed by atoms with E-state index in [4.69, 9.17) is 4.74 Å². The molecule has 0 bridgehead atoms. The fourth-order valence-electron chi connectivity index (χ4n) is 2.69. The maximum absolute atomic E-state index is 12.2. The second-order valence-corrected chi connectivity index (χ2v) is 7.80. The van der Waals surface area contributed by atoms with Crippen molar-refractivity contribution >= 4 is 17.8 Å².